The van der Waals surface area contributed by atoms with Gasteiger partial charge in [0.05, 0.1) is 6.04 Å². The van der Waals surface area contributed by atoms with Crippen molar-refractivity contribution in [3.8, 4) is 0 Å². The molecule has 2 aromatic rings. The fourth-order valence-corrected chi connectivity index (χ4v) is 4.16. The third kappa shape index (κ3) is 10.4. The van der Waals surface area contributed by atoms with Crippen molar-refractivity contribution < 1.29 is 29.1 Å². The van der Waals surface area contributed by atoms with Gasteiger partial charge in [-0.25, -0.2) is 4.79 Å². The van der Waals surface area contributed by atoms with Crippen LogP contribution in [-0.2, 0) is 30.4 Å². The summed E-state index contributed by atoms with van der Waals surface area (Å²) in [5.41, 5.74) is 23.4. The third-order valence-electron chi connectivity index (χ3n) is 6.63. The lowest BCUT2D eigenvalue weighted by Gasteiger charge is -2.25. The zero-order chi connectivity index (χ0) is 31.4. The summed E-state index contributed by atoms with van der Waals surface area (Å²) in [5.74, 6) is -4.50. The molecule has 0 saturated carbocycles. The summed E-state index contributed by atoms with van der Waals surface area (Å²) in [5, 5.41) is 18.2. The van der Waals surface area contributed by atoms with Crippen LogP contribution in [0.15, 0.2) is 35.5 Å². The second-order valence-electron chi connectivity index (χ2n) is 10.3. The number of aliphatic carboxylic acids is 1. The van der Waals surface area contributed by atoms with Gasteiger partial charge in [-0.15, -0.1) is 0 Å². The maximum Gasteiger partial charge on any atom is 0.326 e. The Morgan fingerprint density at radius 3 is 2.10 bits per heavy atom. The van der Waals surface area contributed by atoms with E-state index in [1.807, 2.05) is 24.3 Å². The monoisotopic (exact) mass is 587 g/mol. The Morgan fingerprint density at radius 2 is 1.50 bits per heavy atom. The van der Waals surface area contributed by atoms with Gasteiger partial charge in [-0.3, -0.25) is 24.2 Å². The first-order valence-electron chi connectivity index (χ1n) is 13.6. The number of aromatic amines is 1. The quantitative estimate of drug-likeness (QED) is 0.0594. The summed E-state index contributed by atoms with van der Waals surface area (Å²) < 4.78 is 0. The molecule has 15 heteroatoms. The highest BCUT2D eigenvalue weighted by Crippen LogP contribution is 2.19. The predicted molar refractivity (Wildman–Crippen MR) is 157 cm³/mol. The summed E-state index contributed by atoms with van der Waals surface area (Å²) in [6, 6.07) is 2.61. The van der Waals surface area contributed by atoms with Gasteiger partial charge in [0.1, 0.15) is 18.1 Å². The van der Waals surface area contributed by atoms with Crippen LogP contribution >= 0.6 is 0 Å². The topological polar surface area (TPSA) is 274 Å². The molecule has 4 amide bonds. The number of aliphatic imine (C=N–C) groups is 1. The lowest BCUT2D eigenvalue weighted by atomic mass is 10.0. The molecule has 0 spiro atoms. The number of primary amides is 1. The van der Waals surface area contributed by atoms with Gasteiger partial charge in [0.25, 0.3) is 0 Å². The summed E-state index contributed by atoms with van der Waals surface area (Å²) >= 11 is 0. The molecule has 2 rings (SSSR count). The number of carbonyl (C=O) groups excluding carboxylic acids is 4. The minimum atomic E-state index is -1.34. The number of benzene rings is 1. The Hall–Kier alpha value is -4.66. The maximum absolute atomic E-state index is 13.3. The first-order valence-corrected chi connectivity index (χ1v) is 13.6. The van der Waals surface area contributed by atoms with Crippen molar-refractivity contribution in [2.75, 3.05) is 6.54 Å². The van der Waals surface area contributed by atoms with Gasteiger partial charge in [0.15, 0.2) is 5.96 Å². The minimum absolute atomic E-state index is 0.0435. The van der Waals surface area contributed by atoms with E-state index >= 15 is 0 Å². The molecule has 13 N–H and O–H groups in total. The molecule has 4 unspecified atom stereocenters. The second-order valence-corrected chi connectivity index (χ2v) is 10.3. The summed E-state index contributed by atoms with van der Waals surface area (Å²) in [7, 11) is 0. The molecule has 4 atom stereocenters. The fourth-order valence-electron chi connectivity index (χ4n) is 4.16. The zero-order valence-corrected chi connectivity index (χ0v) is 23.8. The average molecular weight is 588 g/mol. The zero-order valence-electron chi connectivity index (χ0n) is 23.8. The van der Waals surface area contributed by atoms with Crippen LogP contribution in [0.5, 0.6) is 0 Å². The molecular formula is C27H41N9O6. The smallest absolute Gasteiger partial charge is 0.326 e. The van der Waals surface area contributed by atoms with Gasteiger partial charge in [-0.1, -0.05) is 32.0 Å². The van der Waals surface area contributed by atoms with E-state index < -0.39 is 53.8 Å². The van der Waals surface area contributed by atoms with Crippen LogP contribution < -0.4 is 38.9 Å². The summed E-state index contributed by atoms with van der Waals surface area (Å²) in [6.07, 6.45) is 1.55. The van der Waals surface area contributed by atoms with E-state index in [-0.39, 0.29) is 44.1 Å². The highest BCUT2D eigenvalue weighted by Gasteiger charge is 2.31. The molecule has 1 heterocycles. The number of guanidine groups is 1. The number of carboxylic acids is 1. The number of carbonyl (C=O) groups is 5. The van der Waals surface area contributed by atoms with Crippen LogP contribution in [0, 0.1) is 5.92 Å². The first kappa shape index (κ1) is 33.5. The molecule has 0 fully saturated rings. The molecule has 15 nitrogen and oxygen atoms in total. The number of hydrogen-bond donors (Lipinski definition) is 9. The van der Waals surface area contributed by atoms with E-state index in [1.165, 1.54) is 0 Å². The Labute approximate surface area is 243 Å². The van der Waals surface area contributed by atoms with Crippen LogP contribution in [-0.4, -0.2) is 76.4 Å². The second kappa shape index (κ2) is 16.0. The van der Waals surface area contributed by atoms with Gasteiger partial charge in [0.2, 0.25) is 23.6 Å². The van der Waals surface area contributed by atoms with Crippen molar-refractivity contribution in [3.05, 3.63) is 36.0 Å². The number of amides is 4. The Morgan fingerprint density at radius 1 is 0.905 bits per heavy atom. The summed E-state index contributed by atoms with van der Waals surface area (Å²) in [4.78, 5) is 69.7. The predicted octanol–water partition coefficient (Wildman–Crippen LogP) is -1.45. The molecule has 0 aliphatic rings. The number of carboxylic acid groups (broad SMARTS) is 1. The number of nitrogens with one attached hydrogen (secondary N) is 4. The Bertz CT molecular complexity index is 1290. The van der Waals surface area contributed by atoms with Crippen molar-refractivity contribution >= 4 is 46.5 Å². The van der Waals surface area contributed by atoms with E-state index in [2.05, 4.69) is 25.9 Å². The Kier molecular flexibility index (Phi) is 12.7. The highest BCUT2D eigenvalue weighted by molar-refractivity contribution is 5.94. The van der Waals surface area contributed by atoms with Gasteiger partial charge in [-0.2, -0.15) is 0 Å². The third-order valence-corrected chi connectivity index (χ3v) is 6.63. The molecule has 0 bridgehead atoms. The van der Waals surface area contributed by atoms with Crippen molar-refractivity contribution in [3.63, 3.8) is 0 Å². The average Bonchev–Trinajstić information content (AvgIpc) is 3.33. The van der Waals surface area contributed by atoms with Crippen LogP contribution in [0.2, 0.25) is 0 Å². The van der Waals surface area contributed by atoms with Crippen molar-refractivity contribution in [1.29, 1.82) is 0 Å². The van der Waals surface area contributed by atoms with Crippen molar-refractivity contribution in [2.45, 2.75) is 70.1 Å². The molecular weight excluding hydrogens is 546 g/mol. The number of para-hydroxylation sites is 1. The molecule has 1 aromatic carbocycles. The number of hydrogen-bond acceptors (Lipinski definition) is 7. The highest BCUT2D eigenvalue weighted by atomic mass is 16.4. The Balaban J connectivity index is 2.22. The van der Waals surface area contributed by atoms with Crippen LogP contribution in [0.4, 0.5) is 0 Å². The van der Waals surface area contributed by atoms with E-state index in [0.29, 0.717) is 12.0 Å². The number of nitrogens with two attached hydrogens (primary N) is 4. The standard InChI is InChI=1S/C27H41N9O6/c1-14(2)22(29)25(40)35-18(8-5-11-32-27(30)31)23(38)34-19(9-10-21(28)37)24(39)36-20(26(41)42)12-15-13-33-17-7-4-3-6-16(15)17/h3-4,6-7,13-14,18-20,22,33H,5,8-12,29H2,1-2H3,(H2,28,37)(H,34,38)(H,35,40)(H,36,39)(H,41,42)(H4,30,31,32). The number of H-pyrrole nitrogens is 1. The summed E-state index contributed by atoms with van der Waals surface area (Å²) in [6.45, 7) is 3.67. The van der Waals surface area contributed by atoms with Crippen LogP contribution in [0.25, 0.3) is 10.9 Å². The molecule has 230 valence electrons. The molecule has 1 aromatic heterocycles. The molecule has 0 radical (unpaired) electrons. The van der Waals surface area contributed by atoms with E-state index in [9.17, 15) is 29.1 Å². The molecule has 0 aliphatic carbocycles. The van der Waals surface area contributed by atoms with Gasteiger partial charge in [0, 0.05) is 36.5 Å². The van der Waals surface area contributed by atoms with Crippen LogP contribution in [0.3, 0.4) is 0 Å². The van der Waals surface area contributed by atoms with E-state index in [1.54, 1.807) is 20.0 Å². The normalized spacial score (nSPS) is 13.9. The lowest BCUT2D eigenvalue weighted by molar-refractivity contribution is -0.142. The van der Waals surface area contributed by atoms with Crippen molar-refractivity contribution in [2.24, 2.45) is 33.8 Å². The van der Waals surface area contributed by atoms with Gasteiger partial charge >= 0.3 is 5.97 Å². The number of fused-ring (bicyclic) bond motifs is 1. The fraction of sp³-hybridized carbons (Fsp3) is 0.481. The molecule has 0 saturated heterocycles. The molecule has 42 heavy (non-hydrogen) atoms. The largest absolute Gasteiger partial charge is 0.480 e. The number of rotatable bonds is 17. The van der Waals surface area contributed by atoms with E-state index in [4.69, 9.17) is 22.9 Å². The van der Waals surface area contributed by atoms with Crippen molar-refractivity contribution in [1.82, 2.24) is 20.9 Å². The maximum atomic E-state index is 13.3. The molecule has 0 aliphatic heterocycles. The number of aromatic nitrogens is 1. The SMILES string of the molecule is CC(C)C(N)C(=O)NC(CCCN=C(N)N)C(=O)NC(CCC(N)=O)C(=O)NC(Cc1c[nH]c2ccccc12)C(=O)O. The first-order chi connectivity index (χ1) is 19.8. The van der Waals surface area contributed by atoms with Gasteiger partial charge in [-0.05, 0) is 36.8 Å². The van der Waals surface area contributed by atoms with E-state index in [0.717, 1.165) is 10.9 Å². The van der Waals surface area contributed by atoms with Crippen LogP contribution in [0.1, 0.15) is 45.1 Å². The lowest BCUT2D eigenvalue weighted by Crippen LogP contribution is -2.57. The van der Waals surface area contributed by atoms with Gasteiger partial charge < -0.3 is 49.0 Å². The number of nitrogens with zero attached hydrogens (tertiary/aromatic N) is 1. The minimum Gasteiger partial charge on any atom is -0.480 e.